The summed E-state index contributed by atoms with van der Waals surface area (Å²) in [5, 5.41) is 3.31. The van der Waals surface area contributed by atoms with Gasteiger partial charge < -0.3 is 5.32 Å². The molecule has 18 heavy (non-hydrogen) atoms. The third kappa shape index (κ3) is 3.06. The fourth-order valence-corrected chi connectivity index (χ4v) is 1.83. The van der Waals surface area contributed by atoms with Gasteiger partial charge in [0.15, 0.2) is 5.82 Å². The number of rotatable bonds is 4. The molecule has 0 bridgehead atoms. The molecule has 0 radical (unpaired) electrons. The van der Waals surface area contributed by atoms with Crippen LogP contribution in [0.3, 0.4) is 0 Å². The van der Waals surface area contributed by atoms with E-state index < -0.39 is 0 Å². The molecule has 0 spiro atoms. The molecule has 0 aliphatic heterocycles. The Morgan fingerprint density at radius 3 is 2.67 bits per heavy atom. The third-order valence-electron chi connectivity index (χ3n) is 2.69. The molecule has 3 heteroatoms. The Bertz CT molecular complexity index is 535. The van der Waals surface area contributed by atoms with Crippen LogP contribution in [0.1, 0.15) is 24.6 Å². The summed E-state index contributed by atoms with van der Waals surface area (Å²) in [6, 6.07) is 10.3. The molecule has 1 N–H and O–H groups in total. The molecule has 3 nitrogen and oxygen atoms in total. The van der Waals surface area contributed by atoms with E-state index in [2.05, 4.69) is 41.3 Å². The Morgan fingerprint density at radius 1 is 1.11 bits per heavy atom. The lowest BCUT2D eigenvalue weighted by Gasteiger charge is -2.08. The minimum absolute atomic E-state index is 0.789. The maximum Gasteiger partial charge on any atom is 0.161 e. The van der Waals surface area contributed by atoms with Crippen LogP contribution in [0.15, 0.2) is 30.3 Å². The van der Waals surface area contributed by atoms with Gasteiger partial charge in [-0.1, -0.05) is 30.7 Å². The zero-order chi connectivity index (χ0) is 13.0. The van der Waals surface area contributed by atoms with Crippen molar-refractivity contribution in [3.05, 3.63) is 41.6 Å². The Labute approximate surface area is 108 Å². The van der Waals surface area contributed by atoms with Gasteiger partial charge in [-0.15, -0.1) is 0 Å². The van der Waals surface area contributed by atoms with Crippen molar-refractivity contribution in [1.82, 2.24) is 9.97 Å². The first-order valence-electron chi connectivity index (χ1n) is 6.35. The number of aromatic nitrogens is 2. The second kappa shape index (κ2) is 5.63. The largest absolute Gasteiger partial charge is 0.370 e. The summed E-state index contributed by atoms with van der Waals surface area (Å²) in [5.41, 5.74) is 3.28. The van der Waals surface area contributed by atoms with Crippen molar-refractivity contribution < 1.29 is 0 Å². The van der Waals surface area contributed by atoms with Crippen LogP contribution in [-0.4, -0.2) is 16.5 Å². The van der Waals surface area contributed by atoms with Crippen molar-refractivity contribution in [3.63, 3.8) is 0 Å². The molecular formula is C15H19N3. The fraction of sp³-hybridized carbons (Fsp3) is 0.333. The highest BCUT2D eigenvalue weighted by atomic mass is 15.0. The first-order chi connectivity index (χ1) is 8.69. The molecule has 1 aromatic carbocycles. The van der Waals surface area contributed by atoms with Crippen LogP contribution < -0.4 is 5.32 Å². The third-order valence-corrected chi connectivity index (χ3v) is 2.69. The SMILES string of the molecule is CCCNc1cc(C)nc(-c2cccc(C)c2)n1. The summed E-state index contributed by atoms with van der Waals surface area (Å²) in [5.74, 6) is 1.69. The molecule has 2 rings (SSSR count). The van der Waals surface area contributed by atoms with Gasteiger partial charge >= 0.3 is 0 Å². The molecule has 0 amide bonds. The van der Waals surface area contributed by atoms with Crippen molar-refractivity contribution in [2.45, 2.75) is 27.2 Å². The smallest absolute Gasteiger partial charge is 0.161 e. The summed E-state index contributed by atoms with van der Waals surface area (Å²) in [7, 11) is 0. The highest BCUT2D eigenvalue weighted by Crippen LogP contribution is 2.18. The number of benzene rings is 1. The van der Waals surface area contributed by atoms with Gasteiger partial charge in [-0.2, -0.15) is 0 Å². The summed E-state index contributed by atoms with van der Waals surface area (Å²) in [6.45, 7) is 7.15. The van der Waals surface area contributed by atoms with Crippen LogP contribution in [0.5, 0.6) is 0 Å². The highest BCUT2D eigenvalue weighted by Gasteiger charge is 2.04. The fourth-order valence-electron chi connectivity index (χ4n) is 1.83. The maximum atomic E-state index is 4.56. The van der Waals surface area contributed by atoms with Gasteiger partial charge in [-0.05, 0) is 26.3 Å². The van der Waals surface area contributed by atoms with E-state index in [1.54, 1.807) is 0 Å². The Balaban J connectivity index is 2.35. The van der Waals surface area contributed by atoms with Crippen molar-refractivity contribution in [1.29, 1.82) is 0 Å². The molecule has 1 heterocycles. The molecule has 0 unspecified atom stereocenters. The lowest BCUT2D eigenvalue weighted by Crippen LogP contribution is -2.04. The van der Waals surface area contributed by atoms with Crippen LogP contribution in [0.4, 0.5) is 5.82 Å². The topological polar surface area (TPSA) is 37.8 Å². The van der Waals surface area contributed by atoms with Crippen LogP contribution >= 0.6 is 0 Å². The first kappa shape index (κ1) is 12.6. The van der Waals surface area contributed by atoms with Crippen LogP contribution in [0.2, 0.25) is 0 Å². The molecule has 0 fully saturated rings. The van der Waals surface area contributed by atoms with Gasteiger partial charge in [0.05, 0.1) is 0 Å². The Morgan fingerprint density at radius 2 is 1.94 bits per heavy atom. The molecule has 1 aromatic heterocycles. The zero-order valence-corrected chi connectivity index (χ0v) is 11.2. The number of hydrogen-bond donors (Lipinski definition) is 1. The van der Waals surface area contributed by atoms with Crippen LogP contribution in [0, 0.1) is 13.8 Å². The first-order valence-corrected chi connectivity index (χ1v) is 6.35. The number of nitrogens with zero attached hydrogens (tertiary/aromatic N) is 2. The average Bonchev–Trinajstić information content (AvgIpc) is 2.36. The van der Waals surface area contributed by atoms with E-state index in [-0.39, 0.29) is 0 Å². The number of nitrogens with one attached hydrogen (secondary N) is 1. The maximum absolute atomic E-state index is 4.56. The number of aryl methyl sites for hydroxylation is 2. The average molecular weight is 241 g/mol. The predicted octanol–water partition coefficient (Wildman–Crippen LogP) is 3.58. The van der Waals surface area contributed by atoms with Crippen LogP contribution in [0.25, 0.3) is 11.4 Å². The molecule has 0 atom stereocenters. The van der Waals surface area contributed by atoms with E-state index in [1.807, 2.05) is 25.1 Å². The molecule has 0 aliphatic rings. The number of hydrogen-bond acceptors (Lipinski definition) is 3. The predicted molar refractivity (Wildman–Crippen MR) is 75.7 cm³/mol. The molecule has 0 saturated carbocycles. The number of anilines is 1. The standard InChI is InChI=1S/C15H19N3/c1-4-8-16-14-10-12(3)17-15(18-14)13-7-5-6-11(2)9-13/h5-7,9-10H,4,8H2,1-3H3,(H,16,17,18). The Kier molecular flexibility index (Phi) is 3.92. The normalized spacial score (nSPS) is 10.4. The minimum atomic E-state index is 0.789. The minimum Gasteiger partial charge on any atom is -0.370 e. The quantitative estimate of drug-likeness (QED) is 0.889. The summed E-state index contributed by atoms with van der Waals surface area (Å²) < 4.78 is 0. The van der Waals surface area contributed by atoms with Crippen molar-refractivity contribution in [3.8, 4) is 11.4 Å². The second-order valence-corrected chi connectivity index (χ2v) is 4.51. The molecule has 0 saturated heterocycles. The lowest BCUT2D eigenvalue weighted by atomic mass is 10.1. The van der Waals surface area contributed by atoms with Crippen LogP contribution in [-0.2, 0) is 0 Å². The monoisotopic (exact) mass is 241 g/mol. The lowest BCUT2D eigenvalue weighted by molar-refractivity contribution is 0.962. The second-order valence-electron chi connectivity index (χ2n) is 4.51. The van der Waals surface area contributed by atoms with E-state index >= 15 is 0 Å². The van der Waals surface area contributed by atoms with E-state index in [0.29, 0.717) is 0 Å². The van der Waals surface area contributed by atoms with E-state index in [9.17, 15) is 0 Å². The van der Waals surface area contributed by atoms with E-state index in [1.165, 1.54) is 5.56 Å². The van der Waals surface area contributed by atoms with Crippen molar-refractivity contribution in [2.75, 3.05) is 11.9 Å². The molecule has 2 aromatic rings. The molecule has 94 valence electrons. The summed E-state index contributed by atoms with van der Waals surface area (Å²) in [6.07, 6.45) is 1.09. The van der Waals surface area contributed by atoms with Crippen molar-refractivity contribution >= 4 is 5.82 Å². The van der Waals surface area contributed by atoms with Gasteiger partial charge in [-0.25, -0.2) is 9.97 Å². The van der Waals surface area contributed by atoms with E-state index in [0.717, 1.165) is 35.9 Å². The van der Waals surface area contributed by atoms with E-state index in [4.69, 9.17) is 0 Å². The highest BCUT2D eigenvalue weighted by molar-refractivity contribution is 5.58. The molecular weight excluding hydrogens is 222 g/mol. The molecule has 0 aliphatic carbocycles. The summed E-state index contributed by atoms with van der Waals surface area (Å²) >= 11 is 0. The van der Waals surface area contributed by atoms with Gasteiger partial charge in [-0.3, -0.25) is 0 Å². The Hall–Kier alpha value is -1.90. The van der Waals surface area contributed by atoms with Gasteiger partial charge in [0.25, 0.3) is 0 Å². The van der Waals surface area contributed by atoms with Crippen molar-refractivity contribution in [2.24, 2.45) is 0 Å². The zero-order valence-electron chi connectivity index (χ0n) is 11.2. The van der Waals surface area contributed by atoms with Gasteiger partial charge in [0, 0.05) is 23.9 Å². The summed E-state index contributed by atoms with van der Waals surface area (Å²) in [4.78, 5) is 9.06. The van der Waals surface area contributed by atoms with Gasteiger partial charge in [0.1, 0.15) is 5.82 Å². The van der Waals surface area contributed by atoms with Gasteiger partial charge in [0.2, 0.25) is 0 Å².